The second-order valence-corrected chi connectivity index (χ2v) is 6.30. The lowest BCUT2D eigenvalue weighted by Gasteiger charge is -2.17. The van der Waals surface area contributed by atoms with Crippen LogP contribution in [0.2, 0.25) is 5.02 Å². The van der Waals surface area contributed by atoms with Gasteiger partial charge in [0.1, 0.15) is 0 Å². The van der Waals surface area contributed by atoms with Crippen LogP contribution in [0.15, 0.2) is 54.6 Å². The van der Waals surface area contributed by atoms with Crippen LogP contribution in [0.4, 0.5) is 0 Å². The number of nitrogens with one attached hydrogen (secondary N) is 2. The fourth-order valence-electron chi connectivity index (χ4n) is 2.44. The summed E-state index contributed by atoms with van der Waals surface area (Å²) in [6.07, 6.45) is -0.0681. The zero-order valence-corrected chi connectivity index (χ0v) is 15.7. The molecule has 0 aliphatic carbocycles. The lowest BCUT2D eigenvalue weighted by Crippen LogP contribution is -2.31. The van der Waals surface area contributed by atoms with Gasteiger partial charge in [0.15, 0.2) is 6.61 Å². The van der Waals surface area contributed by atoms with Crippen molar-refractivity contribution in [2.24, 2.45) is 0 Å². The van der Waals surface area contributed by atoms with E-state index >= 15 is 0 Å². The standard InChI is InChI=1S/C20H21ClN2O4/c1-14(24)23-18(15-7-3-2-4-8-15)11-20(26)27-13-19(25)22-12-16-9-5-6-10-17(16)21/h2-10,18H,11-13H2,1H3,(H,22,25)(H,23,24)/t18-/m0/s1. The van der Waals surface area contributed by atoms with Crippen LogP contribution in [0.25, 0.3) is 0 Å². The Bertz CT molecular complexity index is 796. The van der Waals surface area contributed by atoms with Crippen molar-refractivity contribution in [2.75, 3.05) is 6.61 Å². The van der Waals surface area contributed by atoms with Crippen molar-refractivity contribution in [3.05, 3.63) is 70.7 Å². The molecular weight excluding hydrogens is 368 g/mol. The molecule has 0 aliphatic heterocycles. The van der Waals surface area contributed by atoms with Gasteiger partial charge in [0, 0.05) is 18.5 Å². The molecule has 1 atom stereocenters. The number of carbonyl (C=O) groups is 3. The smallest absolute Gasteiger partial charge is 0.308 e. The van der Waals surface area contributed by atoms with Gasteiger partial charge in [0.05, 0.1) is 12.5 Å². The third-order valence-electron chi connectivity index (χ3n) is 3.75. The summed E-state index contributed by atoms with van der Waals surface area (Å²) >= 11 is 6.02. The van der Waals surface area contributed by atoms with Gasteiger partial charge >= 0.3 is 5.97 Å². The van der Waals surface area contributed by atoms with Crippen LogP contribution in [-0.4, -0.2) is 24.4 Å². The van der Waals surface area contributed by atoms with Gasteiger partial charge in [0.2, 0.25) is 5.91 Å². The Morgan fingerprint density at radius 1 is 1.04 bits per heavy atom. The van der Waals surface area contributed by atoms with Crippen LogP contribution in [0.3, 0.4) is 0 Å². The zero-order chi connectivity index (χ0) is 19.6. The molecule has 2 aromatic rings. The maximum atomic E-state index is 12.1. The minimum Gasteiger partial charge on any atom is -0.456 e. The molecule has 0 bridgehead atoms. The van der Waals surface area contributed by atoms with Gasteiger partial charge in [-0.25, -0.2) is 0 Å². The predicted octanol–water partition coefficient (Wildman–Crippen LogP) is 2.77. The number of esters is 1. The number of ether oxygens (including phenoxy) is 1. The summed E-state index contributed by atoms with van der Waals surface area (Å²) in [5, 5.41) is 5.91. The molecule has 0 fully saturated rings. The summed E-state index contributed by atoms with van der Waals surface area (Å²) < 4.78 is 5.02. The van der Waals surface area contributed by atoms with Gasteiger partial charge in [0.25, 0.3) is 5.91 Å². The first-order chi connectivity index (χ1) is 13.0. The number of hydrogen-bond donors (Lipinski definition) is 2. The zero-order valence-electron chi connectivity index (χ0n) is 14.9. The van der Waals surface area contributed by atoms with Gasteiger partial charge in [-0.05, 0) is 17.2 Å². The van der Waals surface area contributed by atoms with E-state index in [2.05, 4.69) is 10.6 Å². The van der Waals surface area contributed by atoms with Gasteiger partial charge in [-0.15, -0.1) is 0 Å². The molecule has 2 aromatic carbocycles. The van der Waals surface area contributed by atoms with E-state index in [-0.39, 0.29) is 18.9 Å². The van der Waals surface area contributed by atoms with E-state index in [0.29, 0.717) is 5.02 Å². The van der Waals surface area contributed by atoms with E-state index in [4.69, 9.17) is 16.3 Å². The molecule has 2 amide bonds. The minimum atomic E-state index is -0.578. The molecule has 7 heteroatoms. The van der Waals surface area contributed by atoms with Gasteiger partial charge in [-0.3, -0.25) is 14.4 Å². The van der Waals surface area contributed by atoms with Crippen LogP contribution in [0.5, 0.6) is 0 Å². The lowest BCUT2D eigenvalue weighted by molar-refractivity contribution is -0.149. The number of hydrogen-bond acceptors (Lipinski definition) is 4. The Hall–Kier alpha value is -2.86. The second-order valence-electron chi connectivity index (χ2n) is 5.90. The van der Waals surface area contributed by atoms with E-state index in [0.717, 1.165) is 11.1 Å². The Morgan fingerprint density at radius 2 is 1.70 bits per heavy atom. The van der Waals surface area contributed by atoms with Gasteiger partial charge < -0.3 is 15.4 Å². The molecule has 0 spiro atoms. The van der Waals surface area contributed by atoms with E-state index in [1.807, 2.05) is 36.4 Å². The SMILES string of the molecule is CC(=O)N[C@@H](CC(=O)OCC(=O)NCc1ccccc1Cl)c1ccccc1. The molecule has 0 aliphatic rings. The molecule has 0 radical (unpaired) electrons. The molecule has 2 rings (SSSR count). The first-order valence-corrected chi connectivity index (χ1v) is 8.81. The van der Waals surface area contributed by atoms with Crippen molar-refractivity contribution < 1.29 is 19.1 Å². The molecule has 0 unspecified atom stereocenters. The summed E-state index contributed by atoms with van der Waals surface area (Å²) in [4.78, 5) is 35.3. The first kappa shape index (κ1) is 20.5. The largest absolute Gasteiger partial charge is 0.456 e. The molecule has 27 heavy (non-hydrogen) atoms. The van der Waals surface area contributed by atoms with Crippen molar-refractivity contribution >= 4 is 29.4 Å². The summed E-state index contributed by atoms with van der Waals surface area (Å²) in [6.45, 7) is 1.23. The first-order valence-electron chi connectivity index (χ1n) is 8.43. The third kappa shape index (κ3) is 7.11. The van der Waals surface area contributed by atoms with Crippen molar-refractivity contribution in [1.82, 2.24) is 10.6 Å². The fourth-order valence-corrected chi connectivity index (χ4v) is 2.64. The molecule has 2 N–H and O–H groups in total. The van der Waals surface area contributed by atoms with Crippen molar-refractivity contribution in [3.8, 4) is 0 Å². The third-order valence-corrected chi connectivity index (χ3v) is 4.12. The fraction of sp³-hybridized carbons (Fsp3) is 0.250. The highest BCUT2D eigenvalue weighted by Crippen LogP contribution is 2.17. The summed E-state index contributed by atoms with van der Waals surface area (Å²) in [7, 11) is 0. The van der Waals surface area contributed by atoms with Crippen LogP contribution in [0.1, 0.15) is 30.5 Å². The lowest BCUT2D eigenvalue weighted by atomic mass is 10.0. The monoisotopic (exact) mass is 388 g/mol. The normalized spacial score (nSPS) is 11.3. The Morgan fingerprint density at radius 3 is 2.37 bits per heavy atom. The average molecular weight is 389 g/mol. The molecule has 0 saturated carbocycles. The average Bonchev–Trinajstić information content (AvgIpc) is 2.65. The number of amides is 2. The van der Waals surface area contributed by atoms with Gasteiger partial charge in [-0.1, -0.05) is 60.1 Å². The highest BCUT2D eigenvalue weighted by atomic mass is 35.5. The molecular formula is C20H21ClN2O4. The topological polar surface area (TPSA) is 84.5 Å². The summed E-state index contributed by atoms with van der Waals surface area (Å²) in [5.74, 6) is -1.27. The van der Waals surface area contributed by atoms with E-state index in [9.17, 15) is 14.4 Å². The number of carbonyl (C=O) groups excluding carboxylic acids is 3. The maximum absolute atomic E-state index is 12.1. The Kier molecular flexibility index (Phi) is 7.82. The minimum absolute atomic E-state index is 0.0681. The maximum Gasteiger partial charge on any atom is 0.308 e. The Balaban J connectivity index is 1.82. The molecule has 0 aromatic heterocycles. The van der Waals surface area contributed by atoms with E-state index in [1.165, 1.54) is 6.92 Å². The van der Waals surface area contributed by atoms with Gasteiger partial charge in [-0.2, -0.15) is 0 Å². The molecule has 6 nitrogen and oxygen atoms in total. The Labute approximate surface area is 162 Å². The van der Waals surface area contributed by atoms with Crippen molar-refractivity contribution in [2.45, 2.75) is 25.9 Å². The predicted molar refractivity (Wildman–Crippen MR) is 102 cm³/mol. The number of rotatable bonds is 8. The van der Waals surface area contributed by atoms with Crippen LogP contribution in [0, 0.1) is 0 Å². The molecule has 0 saturated heterocycles. The van der Waals surface area contributed by atoms with Crippen LogP contribution in [-0.2, 0) is 25.7 Å². The van der Waals surface area contributed by atoms with E-state index < -0.39 is 24.5 Å². The molecule has 0 heterocycles. The quantitative estimate of drug-likeness (QED) is 0.681. The summed E-state index contributed by atoms with van der Waals surface area (Å²) in [5.41, 5.74) is 1.56. The number of benzene rings is 2. The highest BCUT2D eigenvalue weighted by molar-refractivity contribution is 6.31. The number of halogens is 1. The van der Waals surface area contributed by atoms with Crippen molar-refractivity contribution in [1.29, 1.82) is 0 Å². The molecule has 142 valence electrons. The van der Waals surface area contributed by atoms with Crippen LogP contribution >= 0.6 is 11.6 Å². The van der Waals surface area contributed by atoms with Crippen molar-refractivity contribution in [3.63, 3.8) is 0 Å². The van der Waals surface area contributed by atoms with Crippen LogP contribution < -0.4 is 10.6 Å². The highest BCUT2D eigenvalue weighted by Gasteiger charge is 2.18. The second kappa shape index (κ2) is 10.3. The summed E-state index contributed by atoms with van der Waals surface area (Å²) in [6, 6.07) is 15.7. The van der Waals surface area contributed by atoms with E-state index in [1.54, 1.807) is 18.2 Å².